The number of aryl methyl sites for hydroxylation is 1. The van der Waals surface area contributed by atoms with Gasteiger partial charge < -0.3 is 16.0 Å². The summed E-state index contributed by atoms with van der Waals surface area (Å²) in [5, 5.41) is 3.41. The van der Waals surface area contributed by atoms with Crippen molar-refractivity contribution in [2.24, 2.45) is 0 Å². The number of rotatable bonds is 6. The lowest BCUT2D eigenvalue weighted by molar-refractivity contribution is 0.817. The molecule has 3 heteroatoms. The second-order valence-electron chi connectivity index (χ2n) is 5.07. The van der Waals surface area contributed by atoms with Gasteiger partial charge in [0, 0.05) is 25.8 Å². The van der Waals surface area contributed by atoms with Crippen molar-refractivity contribution in [2.75, 3.05) is 36.1 Å². The fourth-order valence-corrected chi connectivity index (χ4v) is 2.19. The molecule has 0 saturated heterocycles. The third-order valence-electron chi connectivity index (χ3n) is 3.51. The number of nitrogens with zero attached hydrogens (tertiary/aromatic N) is 1. The summed E-state index contributed by atoms with van der Waals surface area (Å²) < 4.78 is 0. The van der Waals surface area contributed by atoms with Crippen molar-refractivity contribution in [2.45, 2.75) is 13.3 Å². The van der Waals surface area contributed by atoms with Gasteiger partial charge in [0.2, 0.25) is 0 Å². The molecule has 2 aromatic carbocycles. The molecule has 0 aliphatic heterocycles. The van der Waals surface area contributed by atoms with Gasteiger partial charge in [-0.05, 0) is 37.1 Å². The molecule has 0 aromatic heterocycles. The number of para-hydroxylation sites is 2. The topological polar surface area (TPSA) is 41.3 Å². The Balaban J connectivity index is 1.78. The van der Waals surface area contributed by atoms with Crippen LogP contribution < -0.4 is 16.0 Å². The lowest BCUT2D eigenvalue weighted by Crippen LogP contribution is -2.20. The first-order chi connectivity index (χ1) is 9.68. The zero-order valence-corrected chi connectivity index (χ0v) is 12.3. The van der Waals surface area contributed by atoms with E-state index in [-0.39, 0.29) is 0 Å². The maximum absolute atomic E-state index is 6.04. The van der Waals surface area contributed by atoms with Crippen LogP contribution in [0.3, 0.4) is 0 Å². The molecule has 0 fully saturated rings. The highest BCUT2D eigenvalue weighted by molar-refractivity contribution is 5.69. The Bertz CT molecular complexity index is 537. The molecule has 0 unspecified atom stereocenters. The number of hydrogen-bond donors (Lipinski definition) is 2. The Morgan fingerprint density at radius 3 is 2.55 bits per heavy atom. The zero-order chi connectivity index (χ0) is 14.4. The van der Waals surface area contributed by atoms with Gasteiger partial charge in [0.05, 0.1) is 11.4 Å². The lowest BCUT2D eigenvalue weighted by Gasteiger charge is -2.19. The van der Waals surface area contributed by atoms with Crippen molar-refractivity contribution < 1.29 is 0 Å². The van der Waals surface area contributed by atoms with Gasteiger partial charge in [-0.15, -0.1) is 0 Å². The van der Waals surface area contributed by atoms with E-state index < -0.39 is 0 Å². The van der Waals surface area contributed by atoms with E-state index in [0.29, 0.717) is 0 Å². The summed E-state index contributed by atoms with van der Waals surface area (Å²) in [6, 6.07) is 16.5. The normalized spacial score (nSPS) is 10.3. The van der Waals surface area contributed by atoms with Crippen LogP contribution in [0.2, 0.25) is 0 Å². The van der Waals surface area contributed by atoms with Crippen molar-refractivity contribution >= 4 is 17.1 Å². The van der Waals surface area contributed by atoms with Gasteiger partial charge in [0.1, 0.15) is 0 Å². The average Bonchev–Trinajstić information content (AvgIpc) is 2.48. The predicted molar refractivity (Wildman–Crippen MR) is 88.4 cm³/mol. The fraction of sp³-hybridized carbons (Fsp3) is 0.294. The molecular formula is C17H23N3. The van der Waals surface area contributed by atoms with E-state index in [1.165, 1.54) is 5.69 Å². The number of nitrogens with two attached hydrogens (primary N) is 1. The number of nitrogen functional groups attached to an aromatic ring is 1. The van der Waals surface area contributed by atoms with Crippen LogP contribution in [0.25, 0.3) is 0 Å². The first-order valence-electron chi connectivity index (χ1n) is 7.03. The van der Waals surface area contributed by atoms with E-state index in [4.69, 9.17) is 5.73 Å². The number of nitrogens with one attached hydrogen (secondary N) is 1. The van der Waals surface area contributed by atoms with E-state index in [0.717, 1.165) is 36.4 Å². The van der Waals surface area contributed by atoms with Gasteiger partial charge >= 0.3 is 0 Å². The molecule has 106 valence electrons. The molecule has 3 nitrogen and oxygen atoms in total. The second-order valence-corrected chi connectivity index (χ2v) is 5.07. The van der Waals surface area contributed by atoms with Crippen LogP contribution >= 0.6 is 0 Å². The summed E-state index contributed by atoms with van der Waals surface area (Å²) in [5.74, 6) is 0. The molecule has 2 aromatic rings. The molecule has 0 bridgehead atoms. The Morgan fingerprint density at radius 1 is 1.05 bits per heavy atom. The van der Waals surface area contributed by atoms with Crippen molar-refractivity contribution in [1.29, 1.82) is 0 Å². The fourth-order valence-electron chi connectivity index (χ4n) is 2.19. The number of benzene rings is 2. The molecule has 2 rings (SSSR count). The maximum Gasteiger partial charge on any atom is 0.0579 e. The molecular weight excluding hydrogens is 246 g/mol. The Morgan fingerprint density at radius 2 is 1.80 bits per heavy atom. The van der Waals surface area contributed by atoms with Crippen LogP contribution in [0.15, 0.2) is 48.5 Å². The molecule has 3 N–H and O–H groups in total. The molecule has 0 heterocycles. The highest BCUT2D eigenvalue weighted by atomic mass is 15.1. The summed E-state index contributed by atoms with van der Waals surface area (Å²) >= 11 is 0. The van der Waals surface area contributed by atoms with Crippen molar-refractivity contribution in [1.82, 2.24) is 0 Å². The van der Waals surface area contributed by atoms with Gasteiger partial charge in [0.25, 0.3) is 0 Å². The van der Waals surface area contributed by atoms with Gasteiger partial charge in [-0.2, -0.15) is 0 Å². The van der Waals surface area contributed by atoms with Crippen LogP contribution in [-0.2, 0) is 0 Å². The van der Waals surface area contributed by atoms with E-state index in [1.807, 2.05) is 31.2 Å². The highest BCUT2D eigenvalue weighted by Gasteiger charge is 2.02. The Kier molecular flexibility index (Phi) is 4.88. The molecule has 0 radical (unpaired) electrons. The quantitative estimate of drug-likeness (QED) is 0.623. The molecule has 0 aliphatic carbocycles. The largest absolute Gasteiger partial charge is 0.397 e. The maximum atomic E-state index is 6.04. The van der Waals surface area contributed by atoms with Gasteiger partial charge in [0.15, 0.2) is 0 Å². The monoisotopic (exact) mass is 269 g/mol. The highest BCUT2D eigenvalue weighted by Crippen LogP contribution is 2.21. The van der Waals surface area contributed by atoms with Crippen molar-refractivity contribution in [3.8, 4) is 0 Å². The van der Waals surface area contributed by atoms with Crippen LogP contribution in [-0.4, -0.2) is 20.1 Å². The van der Waals surface area contributed by atoms with Gasteiger partial charge in [-0.25, -0.2) is 0 Å². The molecule has 0 saturated carbocycles. The second kappa shape index (κ2) is 6.85. The van der Waals surface area contributed by atoms with Crippen LogP contribution in [0.5, 0.6) is 0 Å². The van der Waals surface area contributed by atoms with Crippen molar-refractivity contribution in [3.63, 3.8) is 0 Å². The van der Waals surface area contributed by atoms with Crippen LogP contribution in [0.1, 0.15) is 12.0 Å². The Labute approximate surface area is 121 Å². The van der Waals surface area contributed by atoms with Crippen LogP contribution in [0, 0.1) is 6.92 Å². The first-order valence-corrected chi connectivity index (χ1v) is 7.03. The van der Waals surface area contributed by atoms with Gasteiger partial charge in [-0.3, -0.25) is 0 Å². The molecule has 0 spiro atoms. The summed E-state index contributed by atoms with van der Waals surface area (Å²) in [7, 11) is 2.12. The minimum Gasteiger partial charge on any atom is -0.397 e. The van der Waals surface area contributed by atoms with Crippen molar-refractivity contribution in [3.05, 3.63) is 54.1 Å². The summed E-state index contributed by atoms with van der Waals surface area (Å²) in [6.07, 6.45) is 1.07. The molecule has 0 amide bonds. The third kappa shape index (κ3) is 3.67. The van der Waals surface area contributed by atoms with Crippen LogP contribution in [0.4, 0.5) is 17.1 Å². The average molecular weight is 269 g/mol. The number of hydrogen-bond acceptors (Lipinski definition) is 3. The molecule has 20 heavy (non-hydrogen) atoms. The minimum atomic E-state index is 0.851. The van der Waals surface area contributed by atoms with Gasteiger partial charge in [-0.1, -0.05) is 30.3 Å². The van der Waals surface area contributed by atoms with E-state index >= 15 is 0 Å². The smallest absolute Gasteiger partial charge is 0.0579 e. The number of anilines is 3. The lowest BCUT2D eigenvalue weighted by atomic mass is 10.1. The van der Waals surface area contributed by atoms with E-state index in [9.17, 15) is 0 Å². The minimum absolute atomic E-state index is 0.851. The SMILES string of the molecule is Cc1cccc(NCCCN(C)c2ccccc2)c1N. The Hall–Kier alpha value is -2.16. The molecule has 0 aliphatic rings. The summed E-state index contributed by atoms with van der Waals surface area (Å²) in [6.45, 7) is 3.97. The summed E-state index contributed by atoms with van der Waals surface area (Å²) in [5.41, 5.74) is 10.3. The standard InChI is InChI=1S/C17H23N3/c1-14-8-6-11-16(17(14)18)19-12-7-13-20(2)15-9-4-3-5-10-15/h3-6,8-11,19H,7,12-13,18H2,1-2H3. The van der Waals surface area contributed by atoms with E-state index in [1.54, 1.807) is 0 Å². The predicted octanol–water partition coefficient (Wildman–Crippen LogP) is 3.52. The first kappa shape index (κ1) is 14.3. The van der Waals surface area contributed by atoms with E-state index in [2.05, 4.69) is 41.5 Å². The molecule has 0 atom stereocenters. The third-order valence-corrected chi connectivity index (χ3v) is 3.51. The summed E-state index contributed by atoms with van der Waals surface area (Å²) in [4.78, 5) is 2.27. The zero-order valence-electron chi connectivity index (χ0n) is 12.3.